The number of ether oxygens (including phenoxy) is 2. The Labute approximate surface area is 236 Å². The summed E-state index contributed by atoms with van der Waals surface area (Å²) in [6.07, 6.45) is 0. The van der Waals surface area contributed by atoms with Gasteiger partial charge in [-0.3, -0.25) is 0 Å². The highest BCUT2D eigenvalue weighted by atomic mass is 19.1. The van der Waals surface area contributed by atoms with E-state index in [4.69, 9.17) is 9.47 Å². The predicted octanol–water partition coefficient (Wildman–Crippen LogP) is 7.25. The highest BCUT2D eigenvalue weighted by molar-refractivity contribution is 6.16. The van der Waals surface area contributed by atoms with Crippen molar-refractivity contribution < 1.29 is 37.4 Å². The molecule has 0 saturated heterocycles. The van der Waals surface area contributed by atoms with Gasteiger partial charge in [0.05, 0.1) is 22.3 Å². The van der Waals surface area contributed by atoms with Crippen molar-refractivity contribution in [3.05, 3.63) is 131 Å². The number of halogens is 2. The molecule has 0 spiro atoms. The fourth-order valence-corrected chi connectivity index (χ4v) is 5.39. The van der Waals surface area contributed by atoms with Crippen LogP contribution in [0.4, 0.5) is 8.78 Å². The molecule has 0 atom stereocenters. The Kier molecular flexibility index (Phi) is 5.65. The van der Waals surface area contributed by atoms with Crippen molar-refractivity contribution in [1.82, 2.24) is 0 Å². The first-order valence-electron chi connectivity index (χ1n) is 12.8. The number of hydrogen-bond acceptors (Lipinski definition) is 6. The monoisotopic (exact) mass is 558 g/mol. The molecule has 8 heteroatoms. The number of esters is 4. The van der Waals surface area contributed by atoms with E-state index in [1.54, 1.807) is 60.7 Å². The lowest BCUT2D eigenvalue weighted by molar-refractivity contribution is 0.0425. The molecule has 0 aromatic heterocycles. The first-order valence-corrected chi connectivity index (χ1v) is 12.8. The van der Waals surface area contributed by atoms with Crippen molar-refractivity contribution in [2.75, 3.05) is 0 Å². The van der Waals surface area contributed by atoms with Crippen LogP contribution in [0.2, 0.25) is 0 Å². The molecule has 0 N–H and O–H groups in total. The third-order valence-electron chi connectivity index (χ3n) is 7.40. The third-order valence-corrected chi connectivity index (χ3v) is 7.40. The van der Waals surface area contributed by atoms with Gasteiger partial charge in [-0.15, -0.1) is 0 Å². The fourth-order valence-electron chi connectivity index (χ4n) is 5.39. The second-order valence-electron chi connectivity index (χ2n) is 9.78. The van der Waals surface area contributed by atoms with Gasteiger partial charge in [0.15, 0.2) is 0 Å². The van der Waals surface area contributed by atoms with Crippen molar-refractivity contribution in [2.24, 2.45) is 0 Å². The minimum absolute atomic E-state index is 0.0651. The maximum absolute atomic E-state index is 15.3. The van der Waals surface area contributed by atoms with Gasteiger partial charge in [-0.1, -0.05) is 48.5 Å². The maximum atomic E-state index is 15.3. The molecule has 7 rings (SSSR count). The summed E-state index contributed by atoms with van der Waals surface area (Å²) in [5.74, 6) is -4.16. The van der Waals surface area contributed by atoms with Crippen LogP contribution in [0.25, 0.3) is 44.5 Å². The van der Waals surface area contributed by atoms with E-state index in [1.165, 1.54) is 36.4 Å². The molecule has 0 amide bonds. The van der Waals surface area contributed by atoms with E-state index in [2.05, 4.69) is 0 Å². The summed E-state index contributed by atoms with van der Waals surface area (Å²) < 4.78 is 40.1. The Morgan fingerprint density at radius 3 is 1.14 bits per heavy atom. The summed E-state index contributed by atoms with van der Waals surface area (Å²) in [4.78, 5) is 48.9. The Morgan fingerprint density at radius 1 is 0.357 bits per heavy atom. The second-order valence-corrected chi connectivity index (χ2v) is 9.78. The smallest absolute Gasteiger partial charge is 0.346 e. The maximum Gasteiger partial charge on any atom is 0.346 e. The van der Waals surface area contributed by atoms with Crippen molar-refractivity contribution in [3.8, 4) is 44.5 Å². The van der Waals surface area contributed by atoms with Crippen molar-refractivity contribution >= 4 is 23.9 Å². The van der Waals surface area contributed by atoms with Gasteiger partial charge in [0.1, 0.15) is 11.6 Å². The molecule has 0 radical (unpaired) electrons. The quantitative estimate of drug-likeness (QED) is 0.171. The minimum Gasteiger partial charge on any atom is -0.386 e. The van der Waals surface area contributed by atoms with Gasteiger partial charge < -0.3 is 9.47 Å². The van der Waals surface area contributed by atoms with Crippen molar-refractivity contribution in [2.45, 2.75) is 0 Å². The zero-order chi connectivity index (χ0) is 29.1. The summed E-state index contributed by atoms with van der Waals surface area (Å²) >= 11 is 0. The fraction of sp³-hybridized carbons (Fsp3) is 0. The van der Waals surface area contributed by atoms with Gasteiger partial charge in [-0.05, 0) is 81.9 Å². The highest BCUT2D eigenvalue weighted by Gasteiger charge is 2.32. The van der Waals surface area contributed by atoms with E-state index in [1.807, 2.05) is 0 Å². The number of fused-ring (bicyclic) bond motifs is 2. The number of cyclic esters (lactones) is 4. The minimum atomic E-state index is -0.796. The van der Waals surface area contributed by atoms with Crippen LogP contribution < -0.4 is 0 Å². The predicted molar refractivity (Wildman–Crippen MR) is 148 cm³/mol. The van der Waals surface area contributed by atoms with Crippen LogP contribution in [-0.2, 0) is 9.47 Å². The van der Waals surface area contributed by atoms with E-state index >= 15 is 8.78 Å². The standard InChI is InChI=1S/C34H16F2O6/c35-29-7-3-1-5-19(29)25-15-24(18-10-12-22-28(14-18)34(40)42-32(22)38)26(20-6-2-4-8-30(20)36)16-23(25)17-9-11-21-27(13-17)33(39)41-31(21)37/h1-16H. The Bertz CT molecular complexity index is 1900. The first kappa shape index (κ1) is 25.2. The normalized spacial score (nSPS) is 13.6. The number of rotatable bonds is 4. The Morgan fingerprint density at radius 2 is 0.738 bits per heavy atom. The van der Waals surface area contributed by atoms with Gasteiger partial charge >= 0.3 is 23.9 Å². The molecule has 0 saturated carbocycles. The van der Waals surface area contributed by atoms with Gasteiger partial charge in [-0.25, -0.2) is 28.0 Å². The summed E-state index contributed by atoms with van der Waals surface area (Å²) in [6.45, 7) is 0. The molecule has 0 bridgehead atoms. The topological polar surface area (TPSA) is 86.7 Å². The molecule has 5 aromatic rings. The van der Waals surface area contributed by atoms with Crippen LogP contribution in [0.5, 0.6) is 0 Å². The SMILES string of the molecule is O=C1OC(=O)c2cc(-c3cc(-c4ccccc4F)c(-c4ccc5c(c4)C(=O)OC5=O)cc3-c3ccccc3F)ccc21. The Hall–Kier alpha value is -5.76. The van der Waals surface area contributed by atoms with Crippen LogP contribution in [-0.4, -0.2) is 23.9 Å². The van der Waals surface area contributed by atoms with E-state index in [0.717, 1.165) is 0 Å². The van der Waals surface area contributed by atoms with Gasteiger partial charge in [-0.2, -0.15) is 0 Å². The molecular weight excluding hydrogens is 542 g/mol. The highest BCUT2D eigenvalue weighted by Crippen LogP contribution is 2.44. The van der Waals surface area contributed by atoms with E-state index < -0.39 is 35.5 Å². The number of carbonyl (C=O) groups is 4. The van der Waals surface area contributed by atoms with E-state index in [0.29, 0.717) is 33.4 Å². The molecule has 2 aliphatic heterocycles. The first-order chi connectivity index (χ1) is 20.3. The number of hydrogen-bond donors (Lipinski definition) is 0. The molecule has 5 aromatic carbocycles. The lowest BCUT2D eigenvalue weighted by Gasteiger charge is -2.19. The van der Waals surface area contributed by atoms with Crippen LogP contribution in [0.15, 0.2) is 97.1 Å². The zero-order valence-electron chi connectivity index (χ0n) is 21.4. The van der Waals surface area contributed by atoms with Crippen LogP contribution in [0.3, 0.4) is 0 Å². The summed E-state index contributed by atoms with van der Waals surface area (Å²) in [6, 6.07) is 24.7. The van der Waals surface area contributed by atoms with Gasteiger partial charge in [0.2, 0.25) is 0 Å². The molecule has 0 unspecified atom stereocenters. The molecule has 202 valence electrons. The van der Waals surface area contributed by atoms with Crippen LogP contribution >= 0.6 is 0 Å². The second kappa shape index (κ2) is 9.42. The van der Waals surface area contributed by atoms with Crippen LogP contribution in [0, 0.1) is 11.6 Å². The largest absolute Gasteiger partial charge is 0.386 e. The summed E-state index contributed by atoms with van der Waals surface area (Å²) in [5, 5.41) is 0. The zero-order valence-corrected chi connectivity index (χ0v) is 21.4. The van der Waals surface area contributed by atoms with E-state index in [9.17, 15) is 19.2 Å². The summed E-state index contributed by atoms with van der Waals surface area (Å²) in [7, 11) is 0. The third kappa shape index (κ3) is 3.92. The molecule has 0 aliphatic carbocycles. The molecule has 6 nitrogen and oxygen atoms in total. The van der Waals surface area contributed by atoms with Gasteiger partial charge in [0.25, 0.3) is 0 Å². The average molecular weight is 558 g/mol. The van der Waals surface area contributed by atoms with Crippen molar-refractivity contribution in [3.63, 3.8) is 0 Å². The molecule has 0 fully saturated rings. The number of benzene rings is 5. The molecular formula is C34H16F2O6. The Balaban J connectivity index is 1.56. The molecule has 2 aliphatic rings. The molecule has 2 heterocycles. The lowest BCUT2D eigenvalue weighted by atomic mass is 9.84. The lowest BCUT2D eigenvalue weighted by Crippen LogP contribution is -1.98. The van der Waals surface area contributed by atoms with Crippen molar-refractivity contribution in [1.29, 1.82) is 0 Å². The summed E-state index contributed by atoms with van der Waals surface area (Å²) in [5.41, 5.74) is 3.44. The molecule has 42 heavy (non-hydrogen) atoms. The van der Waals surface area contributed by atoms with Gasteiger partial charge in [0, 0.05) is 11.1 Å². The van der Waals surface area contributed by atoms with Crippen LogP contribution in [0.1, 0.15) is 41.4 Å². The number of carbonyl (C=O) groups excluding carboxylic acids is 4. The average Bonchev–Trinajstić information content (AvgIpc) is 3.45. The van der Waals surface area contributed by atoms with E-state index in [-0.39, 0.29) is 33.4 Å².